The average molecular weight is 341 g/mol. The van der Waals surface area contributed by atoms with Crippen LogP contribution in [0.1, 0.15) is 0 Å². The first-order valence-electron chi connectivity index (χ1n) is 7.14. The fourth-order valence-electron chi connectivity index (χ4n) is 2.74. The third-order valence-electron chi connectivity index (χ3n) is 4.29. The van der Waals surface area contributed by atoms with Crippen LogP contribution in [-0.2, 0) is 9.47 Å². The molecule has 0 amide bonds. The van der Waals surface area contributed by atoms with E-state index in [1.165, 1.54) is 0 Å². The van der Waals surface area contributed by atoms with E-state index in [2.05, 4.69) is 0 Å². The lowest BCUT2D eigenvalue weighted by Crippen LogP contribution is -2.68. The highest BCUT2D eigenvalue weighted by molar-refractivity contribution is 5.00. The minimum absolute atomic E-state index is 0.648. The molecule has 0 aromatic heterocycles. The van der Waals surface area contributed by atoms with Crippen molar-refractivity contribution in [3.63, 3.8) is 0 Å². The second kappa shape index (κ2) is 7.21. The molecule has 1 saturated heterocycles. The third-order valence-corrected chi connectivity index (χ3v) is 4.29. The number of ether oxygens (including phenoxy) is 2. The molecule has 2 unspecified atom stereocenters. The number of hydrogen-bond donors (Lipinski definition) is 9. The van der Waals surface area contributed by atoms with E-state index in [9.17, 15) is 35.7 Å². The average Bonchev–Trinajstić information content (AvgIpc) is 2.54. The molecule has 0 aromatic rings. The van der Waals surface area contributed by atoms with Crippen LogP contribution in [0.5, 0.6) is 0 Å². The van der Waals surface area contributed by atoms with E-state index in [0.717, 1.165) is 0 Å². The fraction of sp³-hybridized carbons (Fsp3) is 1.00. The number of rotatable bonds is 3. The Hall–Kier alpha value is -0.440. The number of aliphatic hydroxyl groups is 8. The summed E-state index contributed by atoms with van der Waals surface area (Å²) < 4.78 is 10.4. The first-order valence-corrected chi connectivity index (χ1v) is 7.14. The van der Waals surface area contributed by atoms with Gasteiger partial charge in [-0.2, -0.15) is 0 Å². The van der Waals surface area contributed by atoms with Gasteiger partial charge in [-0.05, 0) is 0 Å². The van der Waals surface area contributed by atoms with Crippen LogP contribution in [0, 0.1) is 0 Å². The van der Waals surface area contributed by atoms with Crippen LogP contribution < -0.4 is 5.73 Å². The summed E-state index contributed by atoms with van der Waals surface area (Å²) in [6.07, 6.45) is -16.1. The van der Waals surface area contributed by atoms with E-state index >= 15 is 0 Å². The van der Waals surface area contributed by atoms with Crippen molar-refractivity contribution in [3.05, 3.63) is 0 Å². The Morgan fingerprint density at radius 3 is 1.70 bits per heavy atom. The van der Waals surface area contributed by atoms with E-state index < -0.39 is 73.9 Å². The SMILES string of the molecule is N[C@@H]1[C@@H](OC2[C@@H](O)[C@H](O)C(O)[C@H](O)[C@H]2O)O[C@@H](CO)[C@H](O)[C@H]1O. The number of aliphatic hydroxyl groups excluding tert-OH is 8. The number of nitrogens with two attached hydrogens (primary N) is 1. The molecular formula is C12H23NO10. The highest BCUT2D eigenvalue weighted by Crippen LogP contribution is 2.28. The zero-order valence-electron chi connectivity index (χ0n) is 12.0. The fourth-order valence-corrected chi connectivity index (χ4v) is 2.74. The van der Waals surface area contributed by atoms with Gasteiger partial charge in [0.05, 0.1) is 12.6 Å². The first kappa shape index (κ1) is 18.9. The molecule has 0 bridgehead atoms. The molecule has 2 aliphatic rings. The van der Waals surface area contributed by atoms with Crippen molar-refractivity contribution >= 4 is 0 Å². The Bertz CT molecular complexity index is 382. The normalized spacial score (nSPS) is 54.9. The Morgan fingerprint density at radius 2 is 1.22 bits per heavy atom. The first-order chi connectivity index (χ1) is 10.7. The second-order valence-electron chi connectivity index (χ2n) is 5.84. The van der Waals surface area contributed by atoms with Crippen LogP contribution in [0.25, 0.3) is 0 Å². The van der Waals surface area contributed by atoms with Gasteiger partial charge in [-0.3, -0.25) is 0 Å². The van der Waals surface area contributed by atoms with Crippen molar-refractivity contribution in [1.29, 1.82) is 0 Å². The molecule has 2 fully saturated rings. The van der Waals surface area contributed by atoms with Gasteiger partial charge in [-0.1, -0.05) is 0 Å². The quantitative estimate of drug-likeness (QED) is 0.236. The Kier molecular flexibility index (Phi) is 5.92. The van der Waals surface area contributed by atoms with E-state index in [0.29, 0.717) is 0 Å². The van der Waals surface area contributed by atoms with Gasteiger partial charge < -0.3 is 56.1 Å². The Morgan fingerprint density at radius 1 is 0.739 bits per heavy atom. The van der Waals surface area contributed by atoms with Crippen molar-refractivity contribution in [2.45, 2.75) is 67.3 Å². The molecule has 2 rings (SSSR count). The Balaban J connectivity index is 2.13. The lowest BCUT2D eigenvalue weighted by molar-refractivity contribution is -0.316. The number of hydrogen-bond acceptors (Lipinski definition) is 11. The maximum absolute atomic E-state index is 9.89. The third kappa shape index (κ3) is 3.36. The summed E-state index contributed by atoms with van der Waals surface area (Å²) in [5.41, 5.74) is 5.66. The molecular weight excluding hydrogens is 318 g/mol. The van der Waals surface area contributed by atoms with Crippen LogP contribution in [-0.4, -0.2) is 115 Å². The second-order valence-corrected chi connectivity index (χ2v) is 5.84. The molecule has 0 radical (unpaired) electrons. The van der Waals surface area contributed by atoms with Crippen LogP contribution in [0.15, 0.2) is 0 Å². The van der Waals surface area contributed by atoms with Gasteiger partial charge in [0.2, 0.25) is 0 Å². The predicted octanol–water partition coefficient (Wildman–Crippen LogP) is -6.04. The van der Waals surface area contributed by atoms with E-state index in [4.69, 9.17) is 20.3 Å². The molecule has 1 saturated carbocycles. The minimum Gasteiger partial charge on any atom is -0.394 e. The Labute approximate surface area is 131 Å². The lowest BCUT2D eigenvalue weighted by Gasteiger charge is -2.46. The van der Waals surface area contributed by atoms with Crippen LogP contribution in [0.4, 0.5) is 0 Å². The van der Waals surface area contributed by atoms with Gasteiger partial charge in [0.25, 0.3) is 0 Å². The van der Waals surface area contributed by atoms with Crippen molar-refractivity contribution in [1.82, 2.24) is 0 Å². The molecule has 0 spiro atoms. The molecule has 1 aliphatic carbocycles. The largest absolute Gasteiger partial charge is 0.394 e. The smallest absolute Gasteiger partial charge is 0.176 e. The summed E-state index contributed by atoms with van der Waals surface area (Å²) >= 11 is 0. The predicted molar refractivity (Wildman–Crippen MR) is 70.6 cm³/mol. The highest BCUT2D eigenvalue weighted by Gasteiger charge is 2.52. The van der Waals surface area contributed by atoms with Crippen molar-refractivity contribution in [2.24, 2.45) is 5.73 Å². The van der Waals surface area contributed by atoms with Gasteiger partial charge in [0, 0.05) is 0 Å². The molecule has 136 valence electrons. The molecule has 1 aliphatic heterocycles. The van der Waals surface area contributed by atoms with Gasteiger partial charge in [-0.15, -0.1) is 0 Å². The van der Waals surface area contributed by atoms with Crippen LogP contribution in [0.2, 0.25) is 0 Å². The summed E-state index contributed by atoms with van der Waals surface area (Å²) in [4.78, 5) is 0. The summed E-state index contributed by atoms with van der Waals surface area (Å²) in [5.74, 6) is 0. The van der Waals surface area contributed by atoms with Gasteiger partial charge in [-0.25, -0.2) is 0 Å². The van der Waals surface area contributed by atoms with E-state index in [1.807, 2.05) is 0 Å². The minimum atomic E-state index is -1.79. The van der Waals surface area contributed by atoms with Crippen molar-refractivity contribution in [2.75, 3.05) is 6.61 Å². The molecule has 23 heavy (non-hydrogen) atoms. The maximum atomic E-state index is 9.89. The summed E-state index contributed by atoms with van der Waals surface area (Å²) in [7, 11) is 0. The molecule has 0 aromatic carbocycles. The van der Waals surface area contributed by atoms with Crippen LogP contribution >= 0.6 is 0 Å². The topological polar surface area (TPSA) is 206 Å². The lowest BCUT2D eigenvalue weighted by atomic mass is 9.84. The summed E-state index contributed by atoms with van der Waals surface area (Å²) in [6, 6.07) is -1.28. The van der Waals surface area contributed by atoms with Gasteiger partial charge in [0.15, 0.2) is 6.29 Å². The zero-order valence-corrected chi connectivity index (χ0v) is 12.0. The molecule has 11 heteroatoms. The van der Waals surface area contributed by atoms with Gasteiger partial charge >= 0.3 is 0 Å². The molecule has 11 nitrogen and oxygen atoms in total. The van der Waals surface area contributed by atoms with Crippen LogP contribution in [0.3, 0.4) is 0 Å². The zero-order chi connectivity index (χ0) is 17.5. The molecule has 10 N–H and O–H groups in total. The van der Waals surface area contributed by atoms with E-state index in [1.54, 1.807) is 0 Å². The molecule has 11 atom stereocenters. The standard InChI is InChI=1S/C12H23NO10/c13-3-5(16)4(15)2(1-14)22-12(3)23-11-9(20)7(18)6(17)8(19)10(11)21/h2-12,14-21H,1,13H2/t2-,3-,4-,5-,6?,7-,8+,9+,10-,11?,12+/m0/s1. The van der Waals surface area contributed by atoms with Gasteiger partial charge in [0.1, 0.15) is 54.9 Å². The van der Waals surface area contributed by atoms with Crippen molar-refractivity contribution < 1.29 is 50.3 Å². The molecule has 1 heterocycles. The van der Waals surface area contributed by atoms with E-state index in [-0.39, 0.29) is 0 Å². The maximum Gasteiger partial charge on any atom is 0.176 e. The highest BCUT2D eigenvalue weighted by atomic mass is 16.7. The monoisotopic (exact) mass is 341 g/mol. The summed E-state index contributed by atoms with van der Waals surface area (Å²) in [6.45, 7) is -0.648. The summed E-state index contributed by atoms with van der Waals surface area (Å²) in [5, 5.41) is 77.1. The van der Waals surface area contributed by atoms with Crippen molar-refractivity contribution in [3.8, 4) is 0 Å².